The van der Waals surface area contributed by atoms with E-state index in [0.717, 1.165) is 26.3 Å². The summed E-state index contributed by atoms with van der Waals surface area (Å²) in [7, 11) is 1.72. The quantitative estimate of drug-likeness (QED) is 0.767. The molecule has 1 N–H and O–H groups in total. The summed E-state index contributed by atoms with van der Waals surface area (Å²) >= 11 is 0. The first-order valence-electron chi connectivity index (χ1n) is 6.15. The lowest BCUT2D eigenvalue weighted by Gasteiger charge is -2.24. The van der Waals surface area contributed by atoms with Gasteiger partial charge in [-0.05, 0) is 12.8 Å². The minimum absolute atomic E-state index is 0.192. The number of hydrogen-bond acceptors (Lipinski definition) is 4. The molecular formula is C13H17N3O3. The monoisotopic (exact) mass is 263 g/mol. The van der Waals surface area contributed by atoms with Crippen LogP contribution in [0.15, 0.2) is 0 Å². The fourth-order valence-electron chi connectivity index (χ4n) is 1.95. The molecule has 1 fully saturated rings. The number of ether oxygens (including phenoxy) is 1. The Morgan fingerprint density at radius 1 is 1.47 bits per heavy atom. The van der Waals surface area contributed by atoms with Crippen molar-refractivity contribution in [1.82, 2.24) is 14.7 Å². The van der Waals surface area contributed by atoms with Crippen molar-refractivity contribution in [3.05, 3.63) is 17.0 Å². The Hall–Kier alpha value is -1.84. The minimum atomic E-state index is -0.985. The van der Waals surface area contributed by atoms with Crippen molar-refractivity contribution in [2.75, 3.05) is 32.8 Å². The van der Waals surface area contributed by atoms with Crippen molar-refractivity contribution >= 4 is 5.97 Å². The van der Waals surface area contributed by atoms with Gasteiger partial charge >= 0.3 is 5.97 Å². The zero-order valence-electron chi connectivity index (χ0n) is 11.1. The predicted octanol–water partition coefficient (Wildman–Crippen LogP) is 0.110. The van der Waals surface area contributed by atoms with Crippen LogP contribution in [-0.4, -0.2) is 58.6 Å². The second-order valence-corrected chi connectivity index (χ2v) is 4.43. The van der Waals surface area contributed by atoms with Crippen LogP contribution in [0.5, 0.6) is 0 Å². The minimum Gasteiger partial charge on any atom is -0.478 e. The van der Waals surface area contributed by atoms with Crippen LogP contribution >= 0.6 is 0 Å². The topological polar surface area (TPSA) is 67.6 Å². The Morgan fingerprint density at radius 2 is 2.16 bits per heavy atom. The summed E-state index contributed by atoms with van der Waals surface area (Å²) in [6, 6.07) is 0. The van der Waals surface area contributed by atoms with E-state index in [4.69, 9.17) is 9.84 Å². The van der Waals surface area contributed by atoms with E-state index in [1.54, 1.807) is 18.7 Å². The van der Waals surface area contributed by atoms with E-state index in [-0.39, 0.29) is 5.56 Å². The summed E-state index contributed by atoms with van der Waals surface area (Å²) in [6.07, 6.45) is 0. The van der Waals surface area contributed by atoms with Crippen molar-refractivity contribution in [2.45, 2.75) is 6.92 Å². The fourth-order valence-corrected chi connectivity index (χ4v) is 1.95. The lowest BCUT2D eigenvalue weighted by molar-refractivity contribution is 0.0443. The molecule has 0 aromatic carbocycles. The number of carboxylic acid groups (broad SMARTS) is 1. The van der Waals surface area contributed by atoms with Gasteiger partial charge in [0, 0.05) is 20.1 Å². The maximum Gasteiger partial charge on any atom is 0.340 e. The molecule has 0 radical (unpaired) electrons. The molecule has 0 atom stereocenters. The third-order valence-corrected chi connectivity index (χ3v) is 3.16. The zero-order valence-corrected chi connectivity index (χ0v) is 11.1. The van der Waals surface area contributed by atoms with Crippen molar-refractivity contribution in [3.8, 4) is 11.8 Å². The van der Waals surface area contributed by atoms with Gasteiger partial charge in [-0.1, -0.05) is 5.92 Å². The largest absolute Gasteiger partial charge is 0.478 e. The van der Waals surface area contributed by atoms with Gasteiger partial charge in [0.2, 0.25) is 0 Å². The Kier molecular flexibility index (Phi) is 4.20. The molecule has 6 nitrogen and oxygen atoms in total. The van der Waals surface area contributed by atoms with Crippen LogP contribution in [0, 0.1) is 18.8 Å². The van der Waals surface area contributed by atoms with Crippen LogP contribution in [0.25, 0.3) is 0 Å². The average Bonchev–Trinajstić information content (AvgIpc) is 2.66. The Balaban J connectivity index is 2.10. The molecule has 0 saturated carbocycles. The molecule has 0 aliphatic carbocycles. The van der Waals surface area contributed by atoms with Crippen LogP contribution in [0.2, 0.25) is 0 Å². The molecule has 1 aromatic heterocycles. The molecule has 1 aliphatic rings. The summed E-state index contributed by atoms with van der Waals surface area (Å²) in [5.41, 5.74) is 1.14. The van der Waals surface area contributed by atoms with Gasteiger partial charge in [0.05, 0.1) is 25.5 Å². The number of hydrogen-bond donors (Lipinski definition) is 1. The number of rotatable bonds is 2. The van der Waals surface area contributed by atoms with E-state index in [2.05, 4.69) is 21.8 Å². The van der Waals surface area contributed by atoms with Gasteiger partial charge in [-0.3, -0.25) is 9.58 Å². The van der Waals surface area contributed by atoms with Crippen LogP contribution in [0.3, 0.4) is 0 Å². The second-order valence-electron chi connectivity index (χ2n) is 4.43. The molecule has 0 amide bonds. The molecule has 1 aliphatic heterocycles. The Bertz CT molecular complexity index is 533. The number of nitrogens with zero attached hydrogens (tertiary/aromatic N) is 3. The Labute approximate surface area is 112 Å². The predicted molar refractivity (Wildman–Crippen MR) is 69.0 cm³/mol. The number of morpholine rings is 1. The van der Waals surface area contributed by atoms with E-state index in [1.807, 2.05) is 0 Å². The van der Waals surface area contributed by atoms with Crippen LogP contribution < -0.4 is 0 Å². The highest BCUT2D eigenvalue weighted by Crippen LogP contribution is 2.11. The standard InChI is InChI=1S/C13H17N3O3/c1-10-12(13(17)18)11(14-15(10)2)4-3-5-16-6-8-19-9-7-16/h5-9H2,1-2H3,(H,17,18). The van der Waals surface area contributed by atoms with Crippen LogP contribution in [0.1, 0.15) is 21.7 Å². The number of carbonyl (C=O) groups is 1. The highest BCUT2D eigenvalue weighted by atomic mass is 16.5. The van der Waals surface area contributed by atoms with E-state index < -0.39 is 5.97 Å². The number of aryl methyl sites for hydroxylation is 1. The molecule has 102 valence electrons. The molecule has 0 unspecified atom stereocenters. The highest BCUT2D eigenvalue weighted by molar-refractivity contribution is 5.91. The molecule has 1 aromatic rings. The van der Waals surface area contributed by atoms with Gasteiger partial charge in [0.25, 0.3) is 0 Å². The van der Waals surface area contributed by atoms with Crippen molar-refractivity contribution in [3.63, 3.8) is 0 Å². The summed E-state index contributed by atoms with van der Waals surface area (Å²) in [4.78, 5) is 13.3. The highest BCUT2D eigenvalue weighted by Gasteiger charge is 2.17. The average molecular weight is 263 g/mol. The van der Waals surface area contributed by atoms with Crippen LogP contribution in [0.4, 0.5) is 0 Å². The van der Waals surface area contributed by atoms with Gasteiger partial charge < -0.3 is 9.84 Å². The summed E-state index contributed by atoms with van der Waals surface area (Å²) in [5, 5.41) is 13.3. The first-order chi connectivity index (χ1) is 9.09. The first-order valence-corrected chi connectivity index (χ1v) is 6.15. The summed E-state index contributed by atoms with van der Waals surface area (Å²) in [6.45, 7) is 5.51. The van der Waals surface area contributed by atoms with Gasteiger partial charge in [-0.2, -0.15) is 5.10 Å². The Morgan fingerprint density at radius 3 is 2.79 bits per heavy atom. The fraction of sp³-hybridized carbons (Fsp3) is 0.538. The first kappa shape index (κ1) is 13.6. The lowest BCUT2D eigenvalue weighted by Crippen LogP contribution is -2.36. The molecule has 19 heavy (non-hydrogen) atoms. The summed E-state index contributed by atoms with van der Waals surface area (Å²) in [5.74, 6) is 4.86. The molecule has 0 bridgehead atoms. The van der Waals surface area contributed by atoms with Gasteiger partial charge in [0.1, 0.15) is 11.3 Å². The van der Waals surface area contributed by atoms with E-state index in [0.29, 0.717) is 17.9 Å². The second kappa shape index (κ2) is 5.87. The third-order valence-electron chi connectivity index (χ3n) is 3.16. The third kappa shape index (κ3) is 3.13. The molecule has 2 heterocycles. The SMILES string of the molecule is Cc1c(C(=O)O)c(C#CCN2CCOCC2)nn1C. The van der Waals surface area contributed by atoms with Crippen molar-refractivity contribution < 1.29 is 14.6 Å². The van der Waals surface area contributed by atoms with Crippen molar-refractivity contribution in [1.29, 1.82) is 0 Å². The molecule has 0 spiro atoms. The number of aromatic carboxylic acids is 1. The number of carboxylic acids is 1. The zero-order chi connectivity index (χ0) is 13.8. The van der Waals surface area contributed by atoms with Gasteiger partial charge in [0.15, 0.2) is 0 Å². The molecule has 6 heteroatoms. The van der Waals surface area contributed by atoms with E-state index in [9.17, 15) is 4.79 Å². The smallest absolute Gasteiger partial charge is 0.340 e. The van der Waals surface area contributed by atoms with E-state index >= 15 is 0 Å². The normalized spacial score (nSPS) is 15.9. The molecular weight excluding hydrogens is 246 g/mol. The lowest BCUT2D eigenvalue weighted by atomic mass is 10.2. The van der Waals surface area contributed by atoms with E-state index in [1.165, 1.54) is 0 Å². The maximum absolute atomic E-state index is 11.2. The molecule has 1 saturated heterocycles. The maximum atomic E-state index is 11.2. The van der Waals surface area contributed by atoms with Crippen LogP contribution in [-0.2, 0) is 11.8 Å². The number of aromatic nitrogens is 2. The van der Waals surface area contributed by atoms with Gasteiger partial charge in [-0.15, -0.1) is 0 Å². The molecule has 2 rings (SSSR count). The summed E-state index contributed by atoms with van der Waals surface area (Å²) < 4.78 is 6.79. The van der Waals surface area contributed by atoms with Gasteiger partial charge in [-0.25, -0.2) is 4.79 Å². The van der Waals surface area contributed by atoms with Crippen molar-refractivity contribution in [2.24, 2.45) is 7.05 Å².